The molecule has 1 aromatic rings. The van der Waals surface area contributed by atoms with Crippen LogP contribution in [-0.2, 0) is 4.79 Å². The predicted molar refractivity (Wildman–Crippen MR) is 55.6 cm³/mol. The number of carbonyl (C=O) groups is 1. The van der Waals surface area contributed by atoms with Crippen molar-refractivity contribution in [1.29, 1.82) is 0 Å². The van der Waals surface area contributed by atoms with E-state index < -0.39 is 0 Å². The molecule has 3 heteroatoms. The molecule has 72 valence electrons. The lowest BCUT2D eigenvalue weighted by molar-refractivity contribution is -0.107. The molecule has 1 aromatic carbocycles. The van der Waals surface area contributed by atoms with Crippen LogP contribution in [0.3, 0.4) is 0 Å². The van der Waals surface area contributed by atoms with Gasteiger partial charge in [0, 0.05) is 5.56 Å². The molecule has 0 aliphatic rings. The van der Waals surface area contributed by atoms with E-state index in [0.29, 0.717) is 10.8 Å². The van der Waals surface area contributed by atoms with Gasteiger partial charge < -0.3 is 9.53 Å². The van der Waals surface area contributed by atoms with Crippen molar-refractivity contribution in [2.75, 3.05) is 7.11 Å². The Balaban J connectivity index is 2.87. The number of hydrogen-bond acceptors (Lipinski definition) is 2. The molecule has 1 rings (SSSR count). The third-order valence-corrected chi connectivity index (χ3v) is 1.87. The van der Waals surface area contributed by atoms with Crippen LogP contribution in [0, 0.1) is 11.8 Å². The standard InChI is InChI=1S/C11H9ClO2/c1-14-11-6-5-9(8-10(11)12)4-2-3-7-13/h5-8H,3H2,1H3. The van der Waals surface area contributed by atoms with Gasteiger partial charge in [0.25, 0.3) is 0 Å². The fraction of sp³-hybridized carbons (Fsp3) is 0.182. The molecule has 0 aromatic heterocycles. The van der Waals surface area contributed by atoms with Crippen molar-refractivity contribution in [2.24, 2.45) is 0 Å². The zero-order valence-corrected chi connectivity index (χ0v) is 8.47. The van der Waals surface area contributed by atoms with E-state index in [1.165, 1.54) is 0 Å². The van der Waals surface area contributed by atoms with Crippen molar-refractivity contribution in [3.8, 4) is 17.6 Å². The zero-order valence-electron chi connectivity index (χ0n) is 7.71. The molecule has 14 heavy (non-hydrogen) atoms. The maximum atomic E-state index is 10.0. The molecular weight excluding hydrogens is 200 g/mol. The van der Waals surface area contributed by atoms with Crippen LogP contribution in [-0.4, -0.2) is 13.4 Å². The van der Waals surface area contributed by atoms with Gasteiger partial charge in [-0.15, -0.1) is 0 Å². The summed E-state index contributed by atoms with van der Waals surface area (Å²) >= 11 is 5.88. The number of hydrogen-bond donors (Lipinski definition) is 0. The second-order valence-corrected chi connectivity index (χ2v) is 2.93. The SMILES string of the molecule is COc1ccc(C#CCC=O)cc1Cl. The second-order valence-electron chi connectivity index (χ2n) is 2.52. The van der Waals surface area contributed by atoms with Gasteiger partial charge in [-0.2, -0.15) is 0 Å². The third kappa shape index (κ3) is 2.79. The normalized spacial score (nSPS) is 8.71. The lowest BCUT2D eigenvalue weighted by atomic mass is 10.2. The van der Waals surface area contributed by atoms with E-state index in [-0.39, 0.29) is 6.42 Å². The van der Waals surface area contributed by atoms with Crippen molar-refractivity contribution in [3.63, 3.8) is 0 Å². The van der Waals surface area contributed by atoms with E-state index in [1.807, 2.05) is 0 Å². The molecule has 0 heterocycles. The lowest BCUT2D eigenvalue weighted by Crippen LogP contribution is -1.84. The van der Waals surface area contributed by atoms with Crippen LogP contribution in [0.25, 0.3) is 0 Å². The number of rotatable bonds is 2. The fourth-order valence-electron chi connectivity index (χ4n) is 0.939. The van der Waals surface area contributed by atoms with Gasteiger partial charge in [-0.1, -0.05) is 23.4 Å². The third-order valence-electron chi connectivity index (χ3n) is 1.57. The predicted octanol–water partition coefficient (Wildman–Crippen LogP) is 2.29. The highest BCUT2D eigenvalue weighted by Gasteiger charge is 1.98. The minimum atomic E-state index is 0.240. The summed E-state index contributed by atoms with van der Waals surface area (Å²) in [7, 11) is 1.55. The fourth-order valence-corrected chi connectivity index (χ4v) is 1.20. The molecule has 0 N–H and O–H groups in total. The van der Waals surface area contributed by atoms with Crippen molar-refractivity contribution in [3.05, 3.63) is 28.8 Å². The highest BCUT2D eigenvalue weighted by atomic mass is 35.5. The van der Waals surface area contributed by atoms with E-state index in [4.69, 9.17) is 16.3 Å². The summed E-state index contributed by atoms with van der Waals surface area (Å²) in [4.78, 5) is 10.0. The number of methoxy groups -OCH3 is 1. The molecule has 0 saturated heterocycles. The Morgan fingerprint density at radius 2 is 2.36 bits per heavy atom. The first kappa shape index (κ1) is 10.6. The Morgan fingerprint density at radius 3 is 2.93 bits per heavy atom. The van der Waals surface area contributed by atoms with E-state index in [2.05, 4.69) is 11.8 Å². The van der Waals surface area contributed by atoms with Gasteiger partial charge >= 0.3 is 0 Å². The molecule has 0 atom stereocenters. The van der Waals surface area contributed by atoms with Crippen LogP contribution in [0.15, 0.2) is 18.2 Å². The number of aldehydes is 1. The van der Waals surface area contributed by atoms with Gasteiger partial charge in [0.1, 0.15) is 12.0 Å². The summed E-state index contributed by atoms with van der Waals surface area (Å²) in [5.41, 5.74) is 0.776. The van der Waals surface area contributed by atoms with Crippen LogP contribution in [0.1, 0.15) is 12.0 Å². The van der Waals surface area contributed by atoms with Crippen LogP contribution in [0.5, 0.6) is 5.75 Å². The Bertz CT molecular complexity index is 388. The first-order valence-electron chi connectivity index (χ1n) is 4.04. The second kappa shape index (κ2) is 5.31. The maximum Gasteiger partial charge on any atom is 0.137 e. The average Bonchev–Trinajstić information content (AvgIpc) is 2.18. The van der Waals surface area contributed by atoms with Gasteiger partial charge in [0.05, 0.1) is 18.6 Å². The van der Waals surface area contributed by atoms with Crippen molar-refractivity contribution >= 4 is 17.9 Å². The quantitative estimate of drug-likeness (QED) is 0.551. The molecule has 0 aliphatic carbocycles. The Labute approximate surface area is 87.8 Å². The number of benzene rings is 1. The molecule has 0 aliphatic heterocycles. The summed E-state index contributed by atoms with van der Waals surface area (Å²) < 4.78 is 4.99. The summed E-state index contributed by atoms with van der Waals surface area (Å²) in [6.45, 7) is 0. The molecule has 0 unspecified atom stereocenters. The average molecular weight is 209 g/mol. The van der Waals surface area contributed by atoms with E-state index in [0.717, 1.165) is 11.8 Å². The topological polar surface area (TPSA) is 26.3 Å². The van der Waals surface area contributed by atoms with Gasteiger partial charge in [0.2, 0.25) is 0 Å². The summed E-state index contributed by atoms with van der Waals surface area (Å²) in [5, 5.41) is 0.519. The van der Waals surface area contributed by atoms with Gasteiger partial charge in [-0.05, 0) is 18.2 Å². The lowest BCUT2D eigenvalue weighted by Gasteiger charge is -2.01. The monoisotopic (exact) mass is 208 g/mol. The van der Waals surface area contributed by atoms with E-state index in [1.54, 1.807) is 25.3 Å². The molecule has 0 saturated carbocycles. The van der Waals surface area contributed by atoms with Crippen molar-refractivity contribution in [2.45, 2.75) is 6.42 Å². The first-order chi connectivity index (χ1) is 6.77. The van der Waals surface area contributed by atoms with Crippen LogP contribution >= 0.6 is 11.6 Å². The molecule has 0 bridgehead atoms. The Morgan fingerprint density at radius 1 is 1.57 bits per heavy atom. The Kier molecular flexibility index (Phi) is 4.03. The number of halogens is 1. The first-order valence-corrected chi connectivity index (χ1v) is 4.41. The van der Waals surface area contributed by atoms with Crippen molar-refractivity contribution < 1.29 is 9.53 Å². The van der Waals surface area contributed by atoms with Gasteiger partial charge in [-0.25, -0.2) is 0 Å². The maximum absolute atomic E-state index is 10.0. The molecule has 0 radical (unpaired) electrons. The molecule has 0 amide bonds. The minimum absolute atomic E-state index is 0.240. The van der Waals surface area contributed by atoms with E-state index >= 15 is 0 Å². The van der Waals surface area contributed by atoms with Gasteiger partial charge in [-0.3, -0.25) is 0 Å². The highest BCUT2D eigenvalue weighted by Crippen LogP contribution is 2.24. The summed E-state index contributed by atoms with van der Waals surface area (Å²) in [5.74, 6) is 6.13. The number of ether oxygens (including phenoxy) is 1. The van der Waals surface area contributed by atoms with Crippen LogP contribution in [0.2, 0.25) is 5.02 Å². The molecule has 0 fully saturated rings. The van der Waals surface area contributed by atoms with Crippen LogP contribution < -0.4 is 4.74 Å². The summed E-state index contributed by atoms with van der Waals surface area (Å²) in [6, 6.07) is 5.24. The summed E-state index contributed by atoms with van der Waals surface area (Å²) in [6.07, 6.45) is 1.00. The molecule has 2 nitrogen and oxygen atoms in total. The van der Waals surface area contributed by atoms with Crippen molar-refractivity contribution in [1.82, 2.24) is 0 Å². The minimum Gasteiger partial charge on any atom is -0.495 e. The molecule has 0 spiro atoms. The highest BCUT2D eigenvalue weighted by molar-refractivity contribution is 6.32. The number of carbonyl (C=O) groups excluding carboxylic acids is 1. The van der Waals surface area contributed by atoms with Crippen LogP contribution in [0.4, 0.5) is 0 Å². The van der Waals surface area contributed by atoms with E-state index in [9.17, 15) is 4.79 Å². The largest absolute Gasteiger partial charge is 0.495 e. The molecular formula is C11H9ClO2. The smallest absolute Gasteiger partial charge is 0.137 e. The van der Waals surface area contributed by atoms with Gasteiger partial charge in [0.15, 0.2) is 0 Å². The zero-order chi connectivity index (χ0) is 10.4. The Hall–Kier alpha value is -1.46.